The molecule has 39 heteroatoms. The summed E-state index contributed by atoms with van der Waals surface area (Å²) < 4.78 is 53.4. The van der Waals surface area contributed by atoms with Crippen LogP contribution in [-0.2, 0) is 79.8 Å². The number of likely N-dealkylation sites (N-methyl/N-ethyl adjacent to an activating group) is 1. The lowest BCUT2D eigenvalue weighted by Crippen LogP contribution is -2.66. The van der Waals surface area contributed by atoms with E-state index in [2.05, 4.69) is 60.1 Å². The minimum atomic E-state index is -2.36. The van der Waals surface area contributed by atoms with Crippen molar-refractivity contribution in [1.82, 2.24) is 53.2 Å². The van der Waals surface area contributed by atoms with Crippen LogP contribution in [0.15, 0.2) is 109 Å². The number of amides is 9. The first kappa shape index (κ1) is 98.6. The SMILES string of the molecule is CCCCc1ccc(CNCC(=O)N[C@@]2(C)C[C@H](O[C@H]3[C@H](Oc4c5cc6cc4Oc4ccc(cc4Cl)[C@@H](O)[C@@H](NC(=O)[C@@H](CC(C)C)NC)C(=O)N[C@@H](CC(N)=O)C(=O)N[C@H]6C(=O)N[C@H]4C(=O)N[C@H](C(=O)N[C@H](C(=O)NC6C7CC8CC(C7)CC6C8)c6cc(O)cc(O)c6-c6cc4ccc6O)[C@H](O[C@H]4C[C@](C)(N)[C@@H](O)[C@H](C)O4)c4ccc(cc4)O5)O[C@H](CO)[C@@H](O)[C@@H]3O)O[C@@H](C)[C@@H]2O)cc1. The molecule has 4 aliphatic carbocycles. The van der Waals surface area contributed by atoms with Gasteiger partial charge in [0.2, 0.25) is 65.2 Å². The Morgan fingerprint density at radius 1 is 0.652 bits per heavy atom. The molecule has 6 aromatic carbocycles. The highest BCUT2D eigenvalue weighted by molar-refractivity contribution is 6.32. The largest absolute Gasteiger partial charge is 0.508 e. The number of aryl methyl sites for hydroxylation is 1. The first-order chi connectivity index (χ1) is 64.2. The number of phenolic OH excluding ortho intramolecular Hbond substituents is 3. The molecule has 0 aromatic heterocycles. The minimum Gasteiger partial charge on any atom is -0.508 e. The molecule has 9 amide bonds. The highest BCUT2D eigenvalue weighted by Crippen LogP contribution is 2.55. The second-order valence-corrected chi connectivity index (χ2v) is 38.6. The maximum absolute atomic E-state index is 16.8. The zero-order valence-corrected chi connectivity index (χ0v) is 76.8. The number of ether oxygens (including phenoxy) is 8. The third-order valence-electron chi connectivity index (χ3n) is 27.5. The highest BCUT2D eigenvalue weighted by Gasteiger charge is 2.55. The summed E-state index contributed by atoms with van der Waals surface area (Å²) in [6.45, 7) is 11.0. The second-order valence-electron chi connectivity index (χ2n) is 38.2. The number of rotatable bonds is 24. The van der Waals surface area contributed by atoms with Gasteiger partial charge in [0, 0.05) is 48.2 Å². The molecule has 135 heavy (non-hydrogen) atoms. The number of aliphatic hydroxyl groups is 6. The molecule has 6 aromatic rings. The molecular formula is C96H121ClN12O26. The van der Waals surface area contributed by atoms with Crippen molar-refractivity contribution in [2.75, 3.05) is 20.2 Å². The molecule has 38 nitrogen and oxygen atoms in total. The van der Waals surface area contributed by atoms with Crippen molar-refractivity contribution in [2.45, 2.75) is 271 Å². The van der Waals surface area contributed by atoms with Gasteiger partial charge in [-0.15, -0.1) is 0 Å². The fourth-order valence-electron chi connectivity index (χ4n) is 20.6. The maximum Gasteiger partial charge on any atom is 0.248 e. The number of hydrogen-bond acceptors (Lipinski definition) is 29. The summed E-state index contributed by atoms with van der Waals surface area (Å²) in [5, 5.41) is 135. The molecule has 23 N–H and O–H groups in total. The van der Waals surface area contributed by atoms with Crippen LogP contribution >= 0.6 is 11.6 Å². The Kier molecular flexibility index (Phi) is 30.1. The second kappa shape index (κ2) is 41.2. The predicted octanol–water partition coefficient (Wildman–Crippen LogP) is 3.84. The summed E-state index contributed by atoms with van der Waals surface area (Å²) in [7, 11) is 1.49. The van der Waals surface area contributed by atoms with Crippen LogP contribution in [0.3, 0.4) is 0 Å². The van der Waals surface area contributed by atoms with Crippen molar-refractivity contribution in [1.29, 1.82) is 0 Å². The van der Waals surface area contributed by atoms with E-state index in [1.54, 1.807) is 13.8 Å². The van der Waals surface area contributed by atoms with Gasteiger partial charge in [-0.25, -0.2) is 0 Å². The normalized spacial score (nSPS) is 32.4. The van der Waals surface area contributed by atoms with Gasteiger partial charge < -0.3 is 148 Å². The molecular weight excluding hydrogens is 1770 g/mol. The molecule has 22 atom stereocenters. The van der Waals surface area contributed by atoms with Crippen LogP contribution in [-0.4, -0.2) is 228 Å². The fraction of sp³-hybridized carbons (Fsp3) is 0.531. The minimum absolute atomic E-state index is 0.0188. The van der Waals surface area contributed by atoms with E-state index in [-0.39, 0.29) is 93.5 Å². The van der Waals surface area contributed by atoms with Gasteiger partial charge in [0.15, 0.2) is 30.2 Å². The van der Waals surface area contributed by atoms with Crippen molar-refractivity contribution >= 4 is 64.8 Å². The molecule has 0 spiro atoms. The van der Waals surface area contributed by atoms with Crippen LogP contribution in [0.1, 0.15) is 188 Å². The predicted molar refractivity (Wildman–Crippen MR) is 483 cm³/mol. The summed E-state index contributed by atoms with van der Waals surface area (Å²) in [5.74, 6) is -13.4. The van der Waals surface area contributed by atoms with Crippen LogP contribution in [0.2, 0.25) is 5.02 Å². The molecule has 8 aliphatic heterocycles. The van der Waals surface area contributed by atoms with Gasteiger partial charge in [-0.05, 0) is 209 Å². The number of fused-ring (bicyclic) bond motifs is 15. The van der Waals surface area contributed by atoms with Crippen molar-refractivity contribution in [2.24, 2.45) is 41.1 Å². The molecule has 728 valence electrons. The number of hydrogen-bond donors (Lipinski definition) is 21. The Morgan fingerprint density at radius 2 is 1.29 bits per heavy atom. The molecule has 0 radical (unpaired) electrons. The van der Waals surface area contributed by atoms with Gasteiger partial charge in [-0.3, -0.25) is 43.2 Å². The third kappa shape index (κ3) is 21.7. The Labute approximate surface area is 784 Å². The van der Waals surface area contributed by atoms with Crippen LogP contribution < -0.4 is 78.8 Å². The van der Waals surface area contributed by atoms with Crippen LogP contribution in [0, 0.1) is 29.6 Å². The van der Waals surface area contributed by atoms with Gasteiger partial charge in [0.1, 0.15) is 102 Å². The first-order valence-electron chi connectivity index (χ1n) is 46.0. The summed E-state index contributed by atoms with van der Waals surface area (Å²) in [6, 6.07) is 10.6. The number of aliphatic hydroxyl groups excluding tert-OH is 6. The zero-order valence-electron chi connectivity index (χ0n) is 76.0. The number of nitrogens with one attached hydrogen (secondary N) is 10. The number of benzene rings is 6. The van der Waals surface area contributed by atoms with Crippen molar-refractivity contribution in [3.8, 4) is 57.1 Å². The number of unbranched alkanes of at least 4 members (excludes halogenated alkanes) is 1. The van der Waals surface area contributed by atoms with Crippen molar-refractivity contribution < 1.29 is 127 Å². The van der Waals surface area contributed by atoms with Crippen LogP contribution in [0.4, 0.5) is 0 Å². The Hall–Kier alpha value is -10.9. The Morgan fingerprint density at radius 3 is 1.94 bits per heavy atom. The van der Waals surface area contributed by atoms with Gasteiger partial charge in [0.05, 0.1) is 54.5 Å². The third-order valence-corrected chi connectivity index (χ3v) is 27.8. The van der Waals surface area contributed by atoms with Crippen LogP contribution in [0.25, 0.3) is 11.1 Å². The number of halogens is 1. The smallest absolute Gasteiger partial charge is 0.248 e. The average molecular weight is 1890 g/mol. The van der Waals surface area contributed by atoms with Gasteiger partial charge >= 0.3 is 0 Å². The van der Waals surface area contributed by atoms with Gasteiger partial charge in [0.25, 0.3) is 0 Å². The molecule has 4 saturated carbocycles. The highest BCUT2D eigenvalue weighted by atomic mass is 35.5. The zero-order chi connectivity index (χ0) is 96.7. The summed E-state index contributed by atoms with van der Waals surface area (Å²) in [6.07, 6.45) is -15.8. The average Bonchev–Trinajstić information content (AvgIpc) is 0.756. The molecule has 7 fully saturated rings. The summed E-state index contributed by atoms with van der Waals surface area (Å²) in [4.78, 5) is 139. The number of phenols is 3. The topological polar surface area (TPSA) is 582 Å². The van der Waals surface area contributed by atoms with E-state index >= 15 is 28.8 Å². The molecule has 3 saturated heterocycles. The number of carbonyl (C=O) groups is 9. The fourth-order valence-corrected chi connectivity index (χ4v) is 20.8. The Bertz CT molecular complexity index is 5380. The molecule has 8 heterocycles. The molecule has 18 rings (SSSR count). The van der Waals surface area contributed by atoms with Gasteiger partial charge in [-0.1, -0.05) is 87.3 Å². The first-order valence-corrected chi connectivity index (χ1v) is 46.4. The molecule has 12 aliphatic rings. The van der Waals surface area contributed by atoms with E-state index in [9.17, 15) is 60.3 Å². The van der Waals surface area contributed by atoms with E-state index in [1.807, 2.05) is 38.1 Å². The van der Waals surface area contributed by atoms with Crippen LogP contribution in [0.5, 0.6) is 46.0 Å². The maximum atomic E-state index is 16.8. The number of primary amides is 1. The summed E-state index contributed by atoms with van der Waals surface area (Å²) in [5.41, 5.74) is 9.96. The lowest BCUT2D eigenvalue weighted by atomic mass is 9.54. The Balaban J connectivity index is 0.900. The lowest BCUT2D eigenvalue weighted by molar-refractivity contribution is -0.334. The number of nitrogens with two attached hydrogens (primary N) is 2. The van der Waals surface area contributed by atoms with E-state index in [0.717, 1.165) is 93.3 Å². The van der Waals surface area contributed by atoms with E-state index in [1.165, 1.54) is 75.0 Å². The van der Waals surface area contributed by atoms with E-state index in [4.69, 9.17) is 61.0 Å². The number of carbonyl (C=O) groups excluding carboxylic acids is 9. The monoisotopic (exact) mass is 1890 g/mol. The molecule has 15 bridgehead atoms. The standard InChI is InChI=1S/C96H121ClN12O26/c1-9-10-11-45-12-14-46(15-13-45)39-101-40-69(115)109-96(7)38-71(129-44(5)86(96)120)134-84-81(118)80(117)67(41-110)132-94(84)135-83-65-32-54-33-66(83)131-64-23-19-51(31-59(64)97)79(116)77(107-87(121)60(100-8)24-42(2)3)92(126)102-61(36-68(98)114)88(122)104-75(54)90(124)105-74-50-18-22-62(112)57(30-50)72-58(34-55(111)35-63(72)113)76(91(125)103-73-52-26-47-25-48(28-52)29-53(73)27-47)106-93(127)78(108-89(74)123)82(49-16-20-56(130-65)21-17-49)133-70-37-95(6,99)85(119)43(4)128-70/h12-23,30-35,42-44,47-48,52-53,60-61,67,70-71,73-82,84-86,94,100-101,110-113,116-120H,9-11,24-29,36-41,99H2,1-8H3,(H2,98,114)(H,102,126)(H,103,125)(H,104,122)(H,105,124)(H,106,127)(H,107,121)(H,108,123)(H,109,115)/t43-,44-,47?,48?,52?,53?,60+,61-,67+,70-,71-,73?,74+,75+,76-,77+,78-,79+,80+,81-,82+,84+,85-,86-,94-,95-,96-/m0/s1. The van der Waals surface area contributed by atoms with Gasteiger partial charge in [-0.2, -0.15) is 0 Å². The molecule has 0 unspecified atom stereocenters. The van der Waals surface area contributed by atoms with E-state index < -0.39 is 246 Å². The quantitative estimate of drug-likeness (QED) is 0.0409. The van der Waals surface area contributed by atoms with E-state index in [0.29, 0.717) is 18.4 Å². The van der Waals surface area contributed by atoms with Crippen molar-refractivity contribution in [3.63, 3.8) is 0 Å². The number of aromatic hydroxyl groups is 3. The van der Waals surface area contributed by atoms with Crippen molar-refractivity contribution in [3.05, 3.63) is 153 Å². The lowest BCUT2D eigenvalue weighted by Gasteiger charge is -2.54. The summed E-state index contributed by atoms with van der Waals surface area (Å²) >= 11 is 7.28.